The van der Waals surface area contributed by atoms with Crippen molar-refractivity contribution in [3.63, 3.8) is 0 Å². The molecule has 0 bridgehead atoms. The summed E-state index contributed by atoms with van der Waals surface area (Å²) in [5, 5.41) is 10.6. The average Bonchev–Trinajstić information content (AvgIpc) is 3.99. The molecule has 0 saturated carbocycles. The largest absolute Gasteiger partial charge is 1.00 e. The van der Waals surface area contributed by atoms with Crippen molar-refractivity contribution >= 4 is 80.7 Å². The van der Waals surface area contributed by atoms with Gasteiger partial charge in [-0.15, -0.1) is 23.3 Å². The zero-order chi connectivity index (χ0) is 48.9. The summed E-state index contributed by atoms with van der Waals surface area (Å²) < 4.78 is 4.48. The number of aromatic nitrogens is 2. The van der Waals surface area contributed by atoms with E-state index in [1.807, 2.05) is 72.8 Å². The molecule has 0 N–H and O–H groups in total. The Labute approximate surface area is 470 Å². The minimum Gasteiger partial charge on any atom is -0.366 e. The van der Waals surface area contributed by atoms with Crippen LogP contribution in [0.4, 0.5) is 0 Å². The van der Waals surface area contributed by atoms with Crippen LogP contribution in [0.3, 0.4) is 0 Å². The first kappa shape index (κ1) is 53.5. The molecule has 6 heteroatoms. The standard InChI is InChI=1S/C28H28P2.2C20H12N.2Au/c1-5-15-25(16-6-1)29(26-17-7-2-8-18-26)23-13-14-24-30(27-19-9-3-10-20-27)28-21-11-4-12-22-28;2*1-2-15-9-8-14-19-20(15)17-12-6-7-13-18(17)21(19)16-10-4-3-5-11-16;;/h1-12,15-22H,13-14,23-24H2;2*3-14H;;/q;2*-1;2*+1/p+2. The van der Waals surface area contributed by atoms with E-state index in [0.717, 1.165) is 66.1 Å². The van der Waals surface area contributed by atoms with Gasteiger partial charge in [0, 0.05) is 22.4 Å². The zero-order valence-electron chi connectivity index (χ0n) is 40.7. The number of rotatable bonds is 11. The quantitative estimate of drug-likeness (QED) is 0.0402. The summed E-state index contributed by atoms with van der Waals surface area (Å²) in [4.78, 5) is 0. The van der Waals surface area contributed by atoms with Crippen LogP contribution in [0.1, 0.15) is 24.0 Å². The molecule has 366 valence electrons. The van der Waals surface area contributed by atoms with Crippen LogP contribution in [-0.4, -0.2) is 21.5 Å². The van der Waals surface area contributed by atoms with Crippen molar-refractivity contribution in [1.29, 1.82) is 0 Å². The fourth-order valence-corrected chi connectivity index (χ4v) is 15.4. The summed E-state index contributed by atoms with van der Waals surface area (Å²) in [7, 11) is -1.43. The maximum absolute atomic E-state index is 7.56. The Morgan fingerprint density at radius 2 is 0.568 bits per heavy atom. The maximum atomic E-state index is 7.56. The SMILES string of the molecule is [Au+].[Au+].[C-]#Cc1cccc2c1c1ccccc1n2-c1ccccc1.[C-]#Cc1cccc2c1c1ccccc1n2-c1ccccc1.c1ccc([PH+](CCCC[PH+](c2ccccc2)c2ccccc2)c2ccccc2)cc1. The number of benzene rings is 10. The van der Waals surface area contributed by atoms with E-state index in [0.29, 0.717) is 0 Å². The van der Waals surface area contributed by atoms with E-state index in [1.54, 1.807) is 0 Å². The molecule has 0 fully saturated rings. The molecule has 0 amide bonds. The summed E-state index contributed by atoms with van der Waals surface area (Å²) in [6.45, 7) is 0. The van der Waals surface area contributed by atoms with Crippen molar-refractivity contribution in [2.45, 2.75) is 12.8 Å². The second kappa shape index (κ2) is 26.5. The van der Waals surface area contributed by atoms with E-state index in [9.17, 15) is 0 Å². The molecular weight excluding hydrogens is 1300 g/mol. The van der Waals surface area contributed by atoms with E-state index >= 15 is 0 Å². The van der Waals surface area contributed by atoms with Crippen molar-refractivity contribution in [3.05, 3.63) is 291 Å². The number of para-hydroxylation sites is 4. The molecule has 0 aliphatic carbocycles. The van der Waals surface area contributed by atoms with Crippen LogP contribution in [0.25, 0.3) is 55.0 Å². The van der Waals surface area contributed by atoms with E-state index in [2.05, 4.69) is 215 Å². The fourth-order valence-electron chi connectivity index (χ4n) is 10.0. The molecule has 74 heavy (non-hydrogen) atoms. The Balaban J connectivity index is 0.000000149. The summed E-state index contributed by atoms with van der Waals surface area (Å²) >= 11 is 0. The van der Waals surface area contributed by atoms with E-state index in [4.69, 9.17) is 12.8 Å². The van der Waals surface area contributed by atoms with Crippen LogP contribution in [0.5, 0.6) is 0 Å². The smallest absolute Gasteiger partial charge is 0.366 e. The van der Waals surface area contributed by atoms with Crippen LogP contribution in [0.2, 0.25) is 0 Å². The summed E-state index contributed by atoms with van der Waals surface area (Å²) in [5.41, 5.74) is 8.45. The average molecular weight is 1360 g/mol. The van der Waals surface area contributed by atoms with Crippen LogP contribution in [0, 0.1) is 24.7 Å². The Bertz CT molecular complexity index is 3440. The van der Waals surface area contributed by atoms with Crippen LogP contribution >= 0.6 is 15.8 Å². The number of nitrogens with zero attached hydrogens (tertiary/aromatic N) is 2. The number of hydrogen-bond acceptors (Lipinski definition) is 0. The topological polar surface area (TPSA) is 9.86 Å². The molecule has 0 radical (unpaired) electrons. The molecule has 0 unspecified atom stereocenters. The minimum absolute atomic E-state index is 0. The minimum atomic E-state index is -0.714. The molecule has 2 aromatic heterocycles. The van der Waals surface area contributed by atoms with Crippen molar-refractivity contribution in [2.75, 3.05) is 12.3 Å². The predicted octanol–water partition coefficient (Wildman–Crippen LogP) is 14.9. The molecule has 12 rings (SSSR count). The Kier molecular flexibility index (Phi) is 19.2. The van der Waals surface area contributed by atoms with Gasteiger partial charge in [0.1, 0.15) is 0 Å². The van der Waals surface area contributed by atoms with Crippen LogP contribution in [0.15, 0.2) is 267 Å². The second-order valence-electron chi connectivity index (χ2n) is 17.7. The third-order valence-corrected chi connectivity index (χ3v) is 19.1. The molecule has 0 spiro atoms. The van der Waals surface area contributed by atoms with Gasteiger partial charge in [-0.2, -0.15) is 0 Å². The number of unbranched alkanes of at least 4 members (excludes halogenated alkanes) is 1. The van der Waals surface area contributed by atoms with Crippen molar-refractivity contribution in [2.24, 2.45) is 0 Å². The Morgan fingerprint density at radius 1 is 0.297 bits per heavy atom. The van der Waals surface area contributed by atoms with Crippen LogP contribution in [-0.2, 0) is 44.8 Å². The molecule has 0 atom stereocenters. The maximum Gasteiger partial charge on any atom is 1.00 e. The third-order valence-electron chi connectivity index (χ3n) is 13.3. The molecule has 12 aromatic rings. The third kappa shape index (κ3) is 11.9. The second-order valence-corrected chi connectivity index (χ2v) is 22.9. The van der Waals surface area contributed by atoms with E-state index in [1.165, 1.54) is 46.4 Å². The van der Waals surface area contributed by atoms with Crippen molar-refractivity contribution in [3.8, 4) is 23.2 Å². The molecule has 2 heterocycles. The Morgan fingerprint density at radius 3 is 0.878 bits per heavy atom. The molecule has 2 nitrogen and oxygen atoms in total. The van der Waals surface area contributed by atoms with Gasteiger partial charge >= 0.3 is 44.8 Å². The summed E-state index contributed by atoms with van der Waals surface area (Å²) in [6.07, 6.45) is 20.3. The van der Waals surface area contributed by atoms with E-state index < -0.39 is 15.8 Å². The van der Waals surface area contributed by atoms with Crippen molar-refractivity contribution < 1.29 is 44.8 Å². The molecule has 0 saturated heterocycles. The van der Waals surface area contributed by atoms with Crippen LogP contribution < -0.4 is 21.2 Å². The summed E-state index contributed by atoms with van der Waals surface area (Å²) in [6, 6.07) is 93.9. The zero-order valence-corrected chi connectivity index (χ0v) is 47.1. The number of fused-ring (bicyclic) bond motifs is 6. The first-order valence-electron chi connectivity index (χ1n) is 24.7. The number of hydrogen-bond donors (Lipinski definition) is 0. The van der Waals surface area contributed by atoms with Gasteiger partial charge in [-0.05, 0) is 121 Å². The molecule has 10 aromatic carbocycles. The normalized spacial score (nSPS) is 10.6. The summed E-state index contributed by atoms with van der Waals surface area (Å²) in [5.74, 6) is 5.13. The van der Waals surface area contributed by atoms with Crippen molar-refractivity contribution in [1.82, 2.24) is 9.13 Å². The first-order valence-corrected chi connectivity index (χ1v) is 28.1. The van der Waals surface area contributed by atoms with Gasteiger partial charge in [-0.25, -0.2) is 0 Å². The van der Waals surface area contributed by atoms with Gasteiger partial charge in [-0.3, -0.25) is 11.8 Å². The van der Waals surface area contributed by atoms with Gasteiger partial charge in [0.2, 0.25) is 0 Å². The van der Waals surface area contributed by atoms with Gasteiger partial charge < -0.3 is 22.0 Å². The van der Waals surface area contributed by atoms with Gasteiger partial charge in [0.15, 0.2) is 0 Å². The Hall–Kier alpha value is -6.74. The predicted molar refractivity (Wildman–Crippen MR) is 314 cm³/mol. The molecular formula is C68H54Au2N2P2+2. The molecule has 0 aliphatic heterocycles. The fraction of sp³-hybridized carbons (Fsp3) is 0.0588. The van der Waals surface area contributed by atoms with E-state index in [-0.39, 0.29) is 44.8 Å². The monoisotopic (exact) mass is 1350 g/mol. The molecule has 0 aliphatic rings. The van der Waals surface area contributed by atoms with Gasteiger partial charge in [0.05, 0.1) is 60.4 Å². The van der Waals surface area contributed by atoms with Gasteiger partial charge in [-0.1, -0.05) is 168 Å². The van der Waals surface area contributed by atoms with Gasteiger partial charge in [0.25, 0.3) is 0 Å². The first-order chi connectivity index (χ1) is 35.7.